The molecule has 1 heterocycles. The molecule has 0 unspecified atom stereocenters. The first kappa shape index (κ1) is 33.7. The second-order valence-corrected chi connectivity index (χ2v) is 9.74. The Morgan fingerprint density at radius 3 is 1.37 bits per heavy atom. The maximum Gasteiger partial charge on any atom is 0.0876 e. The fourth-order valence-corrected chi connectivity index (χ4v) is 3.92. The maximum absolute atomic E-state index is 5.49. The van der Waals surface area contributed by atoms with E-state index < -0.39 is 0 Å². The Kier molecular flexibility index (Phi) is 27.8. The van der Waals surface area contributed by atoms with Crippen molar-refractivity contribution in [2.45, 2.75) is 155 Å². The van der Waals surface area contributed by atoms with E-state index in [0.29, 0.717) is 12.2 Å². The van der Waals surface area contributed by atoms with Gasteiger partial charge in [0.15, 0.2) is 0 Å². The lowest BCUT2D eigenvalue weighted by molar-refractivity contribution is 0.367. The normalized spacial score (nSPS) is 17.9. The number of hydrogen-bond donors (Lipinski definition) is 0. The van der Waals surface area contributed by atoms with Crippen molar-refractivity contribution in [2.24, 2.45) is 0 Å². The molecule has 0 spiro atoms. The second-order valence-electron chi connectivity index (χ2n) is 9.74. The number of allylic oxidation sites excluding steroid dienone is 9. The van der Waals surface area contributed by atoms with Crippen molar-refractivity contribution in [2.75, 3.05) is 0 Å². The third-order valence-corrected chi connectivity index (χ3v) is 6.29. The Morgan fingerprint density at radius 2 is 0.914 bits per heavy atom. The van der Waals surface area contributed by atoms with E-state index in [0.717, 1.165) is 38.5 Å². The highest BCUT2D eigenvalue weighted by molar-refractivity contribution is 4.98. The van der Waals surface area contributed by atoms with Crippen LogP contribution in [0.2, 0.25) is 0 Å². The zero-order valence-corrected chi connectivity index (χ0v) is 24.1. The molecule has 0 amide bonds. The predicted molar refractivity (Wildman–Crippen MR) is 160 cm³/mol. The third-order valence-electron chi connectivity index (χ3n) is 6.29. The minimum absolute atomic E-state index is 0.522. The first-order chi connectivity index (χ1) is 17.3. The van der Waals surface area contributed by atoms with Crippen molar-refractivity contribution >= 4 is 0 Å². The average Bonchev–Trinajstić information content (AvgIpc) is 3.64. The van der Waals surface area contributed by atoms with E-state index >= 15 is 0 Å². The molecule has 0 aromatic heterocycles. The van der Waals surface area contributed by atoms with Crippen LogP contribution in [0.4, 0.5) is 0 Å². The van der Waals surface area contributed by atoms with E-state index in [2.05, 4.69) is 88.5 Å². The summed E-state index contributed by atoms with van der Waals surface area (Å²) in [6.07, 6.45) is 46.8. The molecule has 1 nitrogen and oxygen atoms in total. The molecule has 1 rings (SSSR count). The second kappa shape index (κ2) is 28.9. The first-order valence-corrected chi connectivity index (χ1v) is 15.2. The highest BCUT2D eigenvalue weighted by Crippen LogP contribution is 2.28. The van der Waals surface area contributed by atoms with Crippen molar-refractivity contribution in [1.29, 1.82) is 0 Å². The molecule has 0 radical (unpaired) electrons. The summed E-state index contributed by atoms with van der Waals surface area (Å²) < 4.78 is 5.49. The predicted octanol–water partition coefficient (Wildman–Crippen LogP) is 11.6. The molecule has 1 heteroatoms. The van der Waals surface area contributed by atoms with Gasteiger partial charge >= 0.3 is 0 Å². The van der Waals surface area contributed by atoms with Crippen LogP contribution in [0.5, 0.6) is 0 Å². The summed E-state index contributed by atoms with van der Waals surface area (Å²) in [5.41, 5.74) is 0. The minimum atomic E-state index is 0.522. The molecule has 0 N–H and O–H groups in total. The molecule has 2 atom stereocenters. The van der Waals surface area contributed by atoms with Crippen LogP contribution in [0.25, 0.3) is 0 Å². The molecule has 1 saturated heterocycles. The lowest BCUT2D eigenvalue weighted by atomic mass is 10.1. The molecule has 1 aliphatic rings. The van der Waals surface area contributed by atoms with E-state index in [9.17, 15) is 0 Å². The average molecular weight is 485 g/mol. The molecule has 1 fully saturated rings. The van der Waals surface area contributed by atoms with Gasteiger partial charge in [-0.05, 0) is 64.2 Å². The summed E-state index contributed by atoms with van der Waals surface area (Å²) in [5.74, 6) is 0. The van der Waals surface area contributed by atoms with E-state index in [1.54, 1.807) is 0 Å². The highest BCUT2D eigenvalue weighted by Gasteiger charge is 2.35. The molecule has 0 aromatic carbocycles. The van der Waals surface area contributed by atoms with Gasteiger partial charge in [0.2, 0.25) is 0 Å². The lowest BCUT2D eigenvalue weighted by Crippen LogP contribution is -1.88. The first-order valence-electron chi connectivity index (χ1n) is 15.2. The van der Waals surface area contributed by atoms with Crippen LogP contribution >= 0.6 is 0 Å². The summed E-state index contributed by atoms with van der Waals surface area (Å²) in [6.45, 7) is 8.89. The van der Waals surface area contributed by atoms with Crippen LogP contribution in [0.1, 0.15) is 143 Å². The van der Waals surface area contributed by atoms with Crippen molar-refractivity contribution in [3.8, 4) is 0 Å². The lowest BCUT2D eigenvalue weighted by Gasteiger charge is -1.95. The van der Waals surface area contributed by atoms with Gasteiger partial charge in [0.05, 0.1) is 12.2 Å². The number of ether oxygens (including phenoxy) is 1. The van der Waals surface area contributed by atoms with Crippen LogP contribution in [-0.2, 0) is 4.74 Å². The molecule has 0 bridgehead atoms. The quantitative estimate of drug-likeness (QED) is 0.0845. The van der Waals surface area contributed by atoms with Crippen LogP contribution in [0.15, 0.2) is 60.8 Å². The zero-order valence-electron chi connectivity index (χ0n) is 24.1. The molecule has 0 aliphatic carbocycles. The zero-order chi connectivity index (χ0) is 25.7. The Bertz CT molecular complexity index is 551. The molecule has 1 aliphatic heterocycles. The number of unbranched alkanes of at least 4 members (excludes halogenated alkanes) is 10. The fraction of sp³-hybridized carbons (Fsp3) is 0.706. The molecular weight excluding hydrogens is 424 g/mol. The summed E-state index contributed by atoms with van der Waals surface area (Å²) in [7, 11) is 0. The van der Waals surface area contributed by atoms with Crippen molar-refractivity contribution < 1.29 is 4.74 Å². The van der Waals surface area contributed by atoms with Gasteiger partial charge in [-0.15, -0.1) is 0 Å². The standard InChI is InChI=1S/C17H30O.C17H30/c1-3-5-6-7-8-9-10-11-12-13-14-15-17-16(4-2)18-17;1-3-5-7-9-11-13-15-17-16-14-12-10-8-6-4-2/h10-11,13-14,16-17H,3-9,12,15H2,1-2H3;5,7,11,13,16-17H,3-4,6,8-10,12,14-15H2,1-2H3/b11-10-,14-13-;7-5-,13-11-,17-16-/t16-,17+;/m1./s1. The molecule has 35 heavy (non-hydrogen) atoms. The van der Waals surface area contributed by atoms with Gasteiger partial charge in [0.1, 0.15) is 0 Å². The SMILES string of the molecule is CC/C=C\C/C=C\C/C=C\CCCCCCC.CCCCCCC/C=C\C/C=C\C[C@@H]1O[C@@H]1CC. The van der Waals surface area contributed by atoms with Crippen LogP contribution in [0, 0.1) is 0 Å². The summed E-state index contributed by atoms with van der Waals surface area (Å²) >= 11 is 0. The Hall–Kier alpha value is -1.34. The van der Waals surface area contributed by atoms with Crippen molar-refractivity contribution in [3.63, 3.8) is 0 Å². The Balaban J connectivity index is 0.000000662. The van der Waals surface area contributed by atoms with Gasteiger partial charge in [-0.3, -0.25) is 0 Å². The van der Waals surface area contributed by atoms with E-state index in [-0.39, 0.29) is 0 Å². The summed E-state index contributed by atoms with van der Waals surface area (Å²) in [5, 5.41) is 0. The summed E-state index contributed by atoms with van der Waals surface area (Å²) in [4.78, 5) is 0. The monoisotopic (exact) mass is 484 g/mol. The van der Waals surface area contributed by atoms with E-state index in [1.807, 2.05) is 0 Å². The van der Waals surface area contributed by atoms with Gasteiger partial charge in [-0.2, -0.15) is 0 Å². The van der Waals surface area contributed by atoms with Gasteiger partial charge < -0.3 is 4.74 Å². The highest BCUT2D eigenvalue weighted by atomic mass is 16.6. The third kappa shape index (κ3) is 27.1. The smallest absolute Gasteiger partial charge is 0.0876 e. The largest absolute Gasteiger partial charge is 0.369 e. The Labute approximate surface area is 220 Å². The number of rotatable bonds is 22. The molecule has 0 aromatic rings. The number of epoxide rings is 1. The topological polar surface area (TPSA) is 12.5 Å². The van der Waals surface area contributed by atoms with Gasteiger partial charge in [0, 0.05) is 0 Å². The van der Waals surface area contributed by atoms with Crippen molar-refractivity contribution in [3.05, 3.63) is 60.8 Å². The summed E-state index contributed by atoms with van der Waals surface area (Å²) in [6, 6.07) is 0. The van der Waals surface area contributed by atoms with E-state index in [4.69, 9.17) is 4.74 Å². The van der Waals surface area contributed by atoms with Crippen LogP contribution in [0.3, 0.4) is 0 Å². The van der Waals surface area contributed by atoms with Gasteiger partial charge in [-0.1, -0.05) is 140 Å². The maximum atomic E-state index is 5.49. The van der Waals surface area contributed by atoms with Crippen LogP contribution < -0.4 is 0 Å². The molecule has 0 saturated carbocycles. The molecular formula is C34H60O. The van der Waals surface area contributed by atoms with Crippen LogP contribution in [-0.4, -0.2) is 12.2 Å². The molecule has 202 valence electrons. The van der Waals surface area contributed by atoms with E-state index in [1.165, 1.54) is 77.0 Å². The van der Waals surface area contributed by atoms with Crippen molar-refractivity contribution in [1.82, 2.24) is 0 Å². The Morgan fingerprint density at radius 1 is 0.457 bits per heavy atom. The minimum Gasteiger partial charge on any atom is -0.369 e. The van der Waals surface area contributed by atoms with Gasteiger partial charge in [-0.25, -0.2) is 0 Å². The van der Waals surface area contributed by atoms with Gasteiger partial charge in [0.25, 0.3) is 0 Å². The number of hydrogen-bond acceptors (Lipinski definition) is 1. The fourth-order valence-electron chi connectivity index (χ4n) is 3.92.